The predicted octanol–water partition coefficient (Wildman–Crippen LogP) is 3.19. The average molecular weight is 286 g/mol. The highest BCUT2D eigenvalue weighted by atomic mass is 16.4. The van der Waals surface area contributed by atoms with Crippen LogP contribution >= 0.6 is 0 Å². The maximum absolute atomic E-state index is 10.5. The molecule has 0 amide bonds. The first kappa shape index (κ1) is 16.4. The van der Waals surface area contributed by atoms with Crippen LogP contribution in [-0.4, -0.2) is 22.2 Å². The first-order valence-corrected chi connectivity index (χ1v) is 6.54. The Bertz CT molecular complexity index is 564. The summed E-state index contributed by atoms with van der Waals surface area (Å²) < 4.78 is 0. The van der Waals surface area contributed by atoms with E-state index >= 15 is 0 Å². The highest BCUT2D eigenvalue weighted by molar-refractivity contribution is 5.75. The molecule has 2 N–H and O–H groups in total. The molecular formula is C17H18O4. The first-order chi connectivity index (χ1) is 10.0. The molecule has 0 saturated heterocycles. The summed E-state index contributed by atoms with van der Waals surface area (Å²) in [7, 11) is 0. The molecule has 0 bridgehead atoms. The van der Waals surface area contributed by atoms with Crippen LogP contribution in [-0.2, 0) is 16.0 Å². The van der Waals surface area contributed by atoms with Crippen LogP contribution in [0.4, 0.5) is 0 Å². The van der Waals surface area contributed by atoms with Crippen molar-refractivity contribution in [2.75, 3.05) is 0 Å². The lowest BCUT2D eigenvalue weighted by Crippen LogP contribution is -2.06. The Morgan fingerprint density at radius 2 is 1.38 bits per heavy atom. The molecule has 4 heteroatoms. The van der Waals surface area contributed by atoms with E-state index in [1.54, 1.807) is 19.1 Å². The maximum atomic E-state index is 10.5. The van der Waals surface area contributed by atoms with Crippen molar-refractivity contribution < 1.29 is 19.8 Å². The van der Waals surface area contributed by atoms with Crippen LogP contribution in [0.25, 0.3) is 0 Å². The topological polar surface area (TPSA) is 74.6 Å². The van der Waals surface area contributed by atoms with Crippen LogP contribution in [0.5, 0.6) is 0 Å². The minimum Gasteiger partial charge on any atom is -0.481 e. The normalized spacial score (nSPS) is 10.9. The van der Waals surface area contributed by atoms with Gasteiger partial charge in [-0.2, -0.15) is 0 Å². The summed E-state index contributed by atoms with van der Waals surface area (Å²) in [5.74, 6) is -1.97. The van der Waals surface area contributed by atoms with Gasteiger partial charge in [0.2, 0.25) is 0 Å². The fourth-order valence-electron chi connectivity index (χ4n) is 1.65. The fraction of sp³-hybridized carbons (Fsp3) is 0.176. The highest BCUT2D eigenvalue weighted by Gasteiger charge is 2.11. The molecule has 1 unspecified atom stereocenters. The number of rotatable bonds is 4. The molecule has 2 aromatic carbocycles. The predicted molar refractivity (Wildman–Crippen MR) is 80.3 cm³/mol. The van der Waals surface area contributed by atoms with Crippen molar-refractivity contribution in [3.05, 3.63) is 71.8 Å². The lowest BCUT2D eigenvalue weighted by atomic mass is 10.0. The van der Waals surface area contributed by atoms with Gasteiger partial charge in [0.1, 0.15) is 0 Å². The van der Waals surface area contributed by atoms with Crippen LogP contribution in [0.15, 0.2) is 60.7 Å². The molecule has 4 nitrogen and oxygen atoms in total. The molecule has 0 aliphatic carbocycles. The molecular weight excluding hydrogens is 268 g/mol. The summed E-state index contributed by atoms with van der Waals surface area (Å²) in [6, 6.07) is 18.3. The van der Waals surface area contributed by atoms with Crippen LogP contribution in [0, 0.1) is 0 Å². The molecule has 2 rings (SSSR count). The first-order valence-electron chi connectivity index (χ1n) is 6.54. The number of carboxylic acids is 2. The zero-order chi connectivity index (χ0) is 15.7. The van der Waals surface area contributed by atoms with Crippen LogP contribution in [0.2, 0.25) is 0 Å². The zero-order valence-electron chi connectivity index (χ0n) is 11.8. The molecule has 21 heavy (non-hydrogen) atoms. The van der Waals surface area contributed by atoms with E-state index in [0.717, 1.165) is 11.1 Å². The van der Waals surface area contributed by atoms with E-state index in [1.807, 2.05) is 48.5 Å². The molecule has 0 saturated carbocycles. The second-order valence-electron chi connectivity index (χ2n) is 4.53. The van der Waals surface area contributed by atoms with E-state index in [-0.39, 0.29) is 6.42 Å². The third-order valence-electron chi connectivity index (χ3n) is 2.87. The summed E-state index contributed by atoms with van der Waals surface area (Å²) in [6.45, 7) is 1.68. The molecule has 0 aliphatic heterocycles. The van der Waals surface area contributed by atoms with Gasteiger partial charge in [-0.1, -0.05) is 60.7 Å². The van der Waals surface area contributed by atoms with Crippen molar-refractivity contribution >= 4 is 11.9 Å². The Morgan fingerprint density at radius 3 is 1.81 bits per heavy atom. The number of hydrogen-bond donors (Lipinski definition) is 2. The van der Waals surface area contributed by atoms with Crippen molar-refractivity contribution in [2.45, 2.75) is 19.3 Å². The molecule has 110 valence electrons. The number of carbonyl (C=O) groups is 2. The second kappa shape index (κ2) is 8.53. The van der Waals surface area contributed by atoms with Gasteiger partial charge in [-0.15, -0.1) is 0 Å². The highest BCUT2D eigenvalue weighted by Crippen LogP contribution is 2.13. The summed E-state index contributed by atoms with van der Waals surface area (Å²) in [5, 5.41) is 17.0. The van der Waals surface area contributed by atoms with Gasteiger partial charge in [0, 0.05) is 0 Å². The minimum atomic E-state index is -0.786. The van der Waals surface area contributed by atoms with Crippen LogP contribution in [0.3, 0.4) is 0 Å². The molecule has 2 aromatic rings. The Morgan fingerprint density at radius 1 is 0.905 bits per heavy atom. The van der Waals surface area contributed by atoms with E-state index in [1.165, 1.54) is 0 Å². The standard InChI is InChI=1S/C9H10O2.C8H8O2/c1-7(9(10)11)8-5-3-2-4-6-8;9-8(10)6-7-4-2-1-3-5-7/h2-7H,1H3,(H,10,11);1-5H,6H2,(H,9,10). The van der Waals surface area contributed by atoms with E-state index in [9.17, 15) is 9.59 Å². The summed E-state index contributed by atoms with van der Waals surface area (Å²) in [4.78, 5) is 20.7. The SMILES string of the molecule is CC(C(=O)O)c1ccccc1.O=C(O)Cc1ccccc1. The molecule has 0 aromatic heterocycles. The lowest BCUT2D eigenvalue weighted by molar-refractivity contribution is -0.138. The molecule has 0 fully saturated rings. The lowest BCUT2D eigenvalue weighted by Gasteiger charge is -2.04. The number of hydrogen-bond acceptors (Lipinski definition) is 2. The van der Waals surface area contributed by atoms with Gasteiger partial charge in [0.25, 0.3) is 0 Å². The fourth-order valence-corrected chi connectivity index (χ4v) is 1.65. The van der Waals surface area contributed by atoms with Crippen LogP contribution in [0.1, 0.15) is 24.0 Å². The van der Waals surface area contributed by atoms with Crippen molar-refractivity contribution in [1.29, 1.82) is 0 Å². The van der Waals surface area contributed by atoms with E-state index < -0.39 is 17.9 Å². The van der Waals surface area contributed by atoms with Gasteiger partial charge < -0.3 is 10.2 Å². The number of benzene rings is 2. The zero-order valence-corrected chi connectivity index (χ0v) is 11.8. The summed E-state index contributed by atoms with van der Waals surface area (Å²) in [6.07, 6.45) is 0.112. The summed E-state index contributed by atoms with van der Waals surface area (Å²) >= 11 is 0. The number of aliphatic carboxylic acids is 2. The van der Waals surface area contributed by atoms with E-state index in [4.69, 9.17) is 10.2 Å². The quantitative estimate of drug-likeness (QED) is 0.905. The van der Waals surface area contributed by atoms with E-state index in [2.05, 4.69) is 0 Å². The largest absolute Gasteiger partial charge is 0.481 e. The van der Waals surface area contributed by atoms with Gasteiger partial charge in [0.15, 0.2) is 0 Å². The third kappa shape index (κ3) is 6.38. The molecule has 0 heterocycles. The number of carboxylic acid groups (broad SMARTS) is 2. The third-order valence-corrected chi connectivity index (χ3v) is 2.87. The average Bonchev–Trinajstić information content (AvgIpc) is 2.48. The second-order valence-corrected chi connectivity index (χ2v) is 4.53. The van der Waals surface area contributed by atoms with Crippen molar-refractivity contribution in [1.82, 2.24) is 0 Å². The van der Waals surface area contributed by atoms with Crippen molar-refractivity contribution in [3.63, 3.8) is 0 Å². The molecule has 0 radical (unpaired) electrons. The van der Waals surface area contributed by atoms with Crippen LogP contribution < -0.4 is 0 Å². The Kier molecular flexibility index (Phi) is 6.68. The Balaban J connectivity index is 0.000000211. The monoisotopic (exact) mass is 286 g/mol. The van der Waals surface area contributed by atoms with Gasteiger partial charge in [-0.05, 0) is 18.1 Å². The van der Waals surface area contributed by atoms with Gasteiger partial charge in [0.05, 0.1) is 12.3 Å². The summed E-state index contributed by atoms with van der Waals surface area (Å²) in [5.41, 5.74) is 1.69. The molecule has 0 spiro atoms. The molecule has 0 aliphatic rings. The van der Waals surface area contributed by atoms with Gasteiger partial charge in [-0.3, -0.25) is 9.59 Å². The van der Waals surface area contributed by atoms with Gasteiger partial charge in [-0.25, -0.2) is 0 Å². The Labute approximate surface area is 123 Å². The van der Waals surface area contributed by atoms with Gasteiger partial charge >= 0.3 is 11.9 Å². The Hall–Kier alpha value is -2.62. The van der Waals surface area contributed by atoms with Crippen molar-refractivity contribution in [2.24, 2.45) is 0 Å². The maximum Gasteiger partial charge on any atom is 0.310 e. The van der Waals surface area contributed by atoms with E-state index in [0.29, 0.717) is 0 Å². The smallest absolute Gasteiger partial charge is 0.310 e. The van der Waals surface area contributed by atoms with Crippen molar-refractivity contribution in [3.8, 4) is 0 Å². The minimum absolute atomic E-state index is 0.112. The molecule has 1 atom stereocenters.